The number of hydrogen-bond donors (Lipinski definition) is 2. The van der Waals surface area contributed by atoms with Gasteiger partial charge in [0.2, 0.25) is 5.79 Å². The summed E-state index contributed by atoms with van der Waals surface area (Å²) < 4.78 is 11.8. The zero-order valence-electron chi connectivity index (χ0n) is 10.5. The van der Waals surface area contributed by atoms with Crippen molar-refractivity contribution >= 4 is 11.4 Å². The van der Waals surface area contributed by atoms with Crippen LogP contribution in [0.25, 0.3) is 0 Å². The lowest BCUT2D eigenvalue weighted by atomic mass is 9.96. The van der Waals surface area contributed by atoms with Crippen molar-refractivity contribution in [3.05, 3.63) is 59.7 Å². The van der Waals surface area contributed by atoms with Gasteiger partial charge in [0.15, 0.2) is 0 Å². The van der Waals surface area contributed by atoms with Crippen LogP contribution < -0.4 is 11.5 Å². The van der Waals surface area contributed by atoms with E-state index in [1.54, 1.807) is 6.07 Å². The van der Waals surface area contributed by atoms with Gasteiger partial charge in [0, 0.05) is 11.1 Å². The van der Waals surface area contributed by atoms with Gasteiger partial charge < -0.3 is 20.9 Å². The van der Waals surface area contributed by atoms with E-state index in [2.05, 4.69) is 0 Å². The van der Waals surface area contributed by atoms with E-state index < -0.39 is 5.79 Å². The van der Waals surface area contributed by atoms with Crippen molar-refractivity contribution in [2.75, 3.05) is 24.7 Å². The van der Waals surface area contributed by atoms with E-state index in [1.165, 1.54) is 0 Å². The maximum absolute atomic E-state index is 5.89. The van der Waals surface area contributed by atoms with Crippen LogP contribution in [-0.4, -0.2) is 13.2 Å². The van der Waals surface area contributed by atoms with E-state index in [4.69, 9.17) is 20.9 Å². The van der Waals surface area contributed by atoms with Crippen LogP contribution in [0.4, 0.5) is 11.4 Å². The second kappa shape index (κ2) is 4.57. The van der Waals surface area contributed by atoms with Crippen LogP contribution in [0.15, 0.2) is 48.5 Å². The van der Waals surface area contributed by atoms with E-state index in [0.29, 0.717) is 24.6 Å². The Balaban J connectivity index is 2.13. The van der Waals surface area contributed by atoms with Crippen LogP contribution in [0, 0.1) is 0 Å². The van der Waals surface area contributed by atoms with E-state index in [-0.39, 0.29) is 0 Å². The van der Waals surface area contributed by atoms with E-state index in [1.807, 2.05) is 42.5 Å². The Morgan fingerprint density at radius 2 is 1.47 bits per heavy atom. The van der Waals surface area contributed by atoms with Gasteiger partial charge in [-0.2, -0.15) is 0 Å². The summed E-state index contributed by atoms with van der Waals surface area (Å²) in [6.07, 6.45) is 0. The van der Waals surface area contributed by atoms with Crippen LogP contribution in [-0.2, 0) is 15.3 Å². The summed E-state index contributed by atoms with van der Waals surface area (Å²) in [7, 11) is 0. The third-order valence-corrected chi connectivity index (χ3v) is 3.31. The van der Waals surface area contributed by atoms with Gasteiger partial charge in [-0.15, -0.1) is 0 Å². The molecule has 2 aromatic carbocycles. The molecule has 0 spiro atoms. The lowest BCUT2D eigenvalue weighted by molar-refractivity contribution is -0.129. The highest BCUT2D eigenvalue weighted by molar-refractivity contribution is 5.64. The van der Waals surface area contributed by atoms with Gasteiger partial charge >= 0.3 is 0 Å². The zero-order chi connectivity index (χ0) is 13.3. The lowest BCUT2D eigenvalue weighted by Crippen LogP contribution is -2.28. The molecule has 1 saturated heterocycles. The van der Waals surface area contributed by atoms with Crippen LogP contribution >= 0.6 is 0 Å². The summed E-state index contributed by atoms with van der Waals surface area (Å²) in [6.45, 7) is 1.11. The van der Waals surface area contributed by atoms with E-state index >= 15 is 0 Å². The Morgan fingerprint density at radius 3 is 2.11 bits per heavy atom. The van der Waals surface area contributed by atoms with Crippen molar-refractivity contribution in [2.24, 2.45) is 0 Å². The fourth-order valence-corrected chi connectivity index (χ4v) is 2.35. The van der Waals surface area contributed by atoms with Crippen LogP contribution in [0.2, 0.25) is 0 Å². The molecule has 2 aromatic rings. The summed E-state index contributed by atoms with van der Waals surface area (Å²) >= 11 is 0. The standard InChI is InChI=1S/C15H16N2O2/c16-13-7-6-12(10-14(13)17)15(18-8-9-19-15)11-4-2-1-3-5-11/h1-7,10H,8-9,16-17H2. The molecule has 4 nitrogen and oxygen atoms in total. The Hall–Kier alpha value is -2.04. The molecule has 0 bridgehead atoms. The highest BCUT2D eigenvalue weighted by Crippen LogP contribution is 2.39. The second-order valence-corrected chi connectivity index (χ2v) is 4.52. The minimum atomic E-state index is -0.872. The topological polar surface area (TPSA) is 70.5 Å². The van der Waals surface area contributed by atoms with Crippen molar-refractivity contribution in [1.29, 1.82) is 0 Å². The average Bonchev–Trinajstić information content (AvgIpc) is 2.93. The smallest absolute Gasteiger partial charge is 0.222 e. The molecule has 0 saturated carbocycles. The first-order valence-corrected chi connectivity index (χ1v) is 6.21. The van der Waals surface area contributed by atoms with Gasteiger partial charge in [-0.05, 0) is 12.1 Å². The van der Waals surface area contributed by atoms with E-state index in [9.17, 15) is 0 Å². The van der Waals surface area contributed by atoms with Crippen LogP contribution in [0.1, 0.15) is 11.1 Å². The number of anilines is 2. The predicted molar refractivity (Wildman–Crippen MR) is 74.4 cm³/mol. The van der Waals surface area contributed by atoms with Crippen molar-refractivity contribution in [3.8, 4) is 0 Å². The first kappa shape index (κ1) is 12.0. The van der Waals surface area contributed by atoms with Gasteiger partial charge in [0.05, 0.1) is 24.6 Å². The molecule has 0 radical (unpaired) electrons. The average molecular weight is 256 g/mol. The molecule has 0 aromatic heterocycles. The van der Waals surface area contributed by atoms with Crippen molar-refractivity contribution in [2.45, 2.75) is 5.79 Å². The molecule has 1 heterocycles. The molecule has 4 heteroatoms. The molecule has 3 rings (SSSR count). The highest BCUT2D eigenvalue weighted by atomic mass is 16.7. The first-order chi connectivity index (χ1) is 9.22. The molecule has 0 atom stereocenters. The van der Waals surface area contributed by atoms with Gasteiger partial charge in [0.1, 0.15) is 0 Å². The van der Waals surface area contributed by atoms with E-state index in [0.717, 1.165) is 11.1 Å². The molecule has 1 fully saturated rings. The fraction of sp³-hybridized carbons (Fsp3) is 0.200. The Labute approximate surface area is 111 Å². The number of rotatable bonds is 2. The Bertz CT molecular complexity index is 578. The minimum absolute atomic E-state index is 0.534. The molecule has 1 aliphatic heterocycles. The molecule has 4 N–H and O–H groups in total. The summed E-state index contributed by atoms with van der Waals surface area (Å²) in [4.78, 5) is 0. The first-order valence-electron chi connectivity index (χ1n) is 6.21. The maximum Gasteiger partial charge on any atom is 0.222 e. The quantitative estimate of drug-likeness (QED) is 0.807. The Morgan fingerprint density at radius 1 is 0.789 bits per heavy atom. The second-order valence-electron chi connectivity index (χ2n) is 4.52. The third-order valence-electron chi connectivity index (χ3n) is 3.31. The molecule has 98 valence electrons. The number of nitrogens with two attached hydrogens (primary N) is 2. The van der Waals surface area contributed by atoms with Gasteiger partial charge in [-0.1, -0.05) is 36.4 Å². The molecule has 0 aliphatic carbocycles. The van der Waals surface area contributed by atoms with Crippen molar-refractivity contribution < 1.29 is 9.47 Å². The van der Waals surface area contributed by atoms with Crippen LogP contribution in [0.3, 0.4) is 0 Å². The number of ether oxygens (including phenoxy) is 2. The fourth-order valence-electron chi connectivity index (χ4n) is 2.35. The predicted octanol–water partition coefficient (Wildman–Crippen LogP) is 2.10. The minimum Gasteiger partial charge on any atom is -0.397 e. The Kier molecular flexibility index (Phi) is 2.89. The monoisotopic (exact) mass is 256 g/mol. The molecular formula is C15H16N2O2. The largest absolute Gasteiger partial charge is 0.397 e. The molecular weight excluding hydrogens is 240 g/mol. The van der Waals surface area contributed by atoms with Crippen molar-refractivity contribution in [3.63, 3.8) is 0 Å². The van der Waals surface area contributed by atoms with Crippen molar-refractivity contribution in [1.82, 2.24) is 0 Å². The third kappa shape index (κ3) is 1.95. The SMILES string of the molecule is Nc1ccc(C2(c3ccccc3)OCCO2)cc1N. The summed E-state index contributed by atoms with van der Waals surface area (Å²) in [5, 5.41) is 0. The van der Waals surface area contributed by atoms with Gasteiger partial charge in [-0.25, -0.2) is 0 Å². The molecule has 0 amide bonds. The summed E-state index contributed by atoms with van der Waals surface area (Å²) in [5.74, 6) is -0.872. The number of hydrogen-bond acceptors (Lipinski definition) is 4. The number of nitrogen functional groups attached to an aromatic ring is 2. The summed E-state index contributed by atoms with van der Waals surface area (Å²) in [6, 6.07) is 15.3. The molecule has 1 aliphatic rings. The molecule has 19 heavy (non-hydrogen) atoms. The van der Waals surface area contributed by atoms with Gasteiger partial charge in [-0.3, -0.25) is 0 Å². The van der Waals surface area contributed by atoms with Crippen LogP contribution in [0.5, 0.6) is 0 Å². The zero-order valence-corrected chi connectivity index (χ0v) is 10.5. The van der Waals surface area contributed by atoms with Gasteiger partial charge in [0.25, 0.3) is 0 Å². The highest BCUT2D eigenvalue weighted by Gasteiger charge is 2.40. The normalized spacial score (nSPS) is 17.5. The molecule has 0 unspecified atom stereocenters. The number of benzene rings is 2. The lowest BCUT2D eigenvalue weighted by Gasteiger charge is -2.28. The summed E-state index contributed by atoms with van der Waals surface area (Å²) in [5.41, 5.74) is 14.6. The maximum atomic E-state index is 5.89.